The molecule has 0 spiro atoms. The zero-order valence-electron chi connectivity index (χ0n) is 10.9. The third kappa shape index (κ3) is 1.41. The zero-order chi connectivity index (χ0) is 12.3. The number of benzene rings is 1. The summed E-state index contributed by atoms with van der Waals surface area (Å²) in [5, 5.41) is 2.17. The largest absolute Gasteiger partial charge is 0.342 e. The molecule has 0 fully saturated rings. The summed E-state index contributed by atoms with van der Waals surface area (Å²) < 4.78 is 2.58. The van der Waals surface area contributed by atoms with Crippen molar-refractivity contribution in [3.05, 3.63) is 35.0 Å². The van der Waals surface area contributed by atoms with Gasteiger partial charge in [0.05, 0.1) is 5.25 Å². The number of aryl methyl sites for hydroxylation is 2. The number of likely N-dealkylation sites (N-methyl/N-ethyl adjacent to an activating group) is 1. The van der Waals surface area contributed by atoms with Gasteiger partial charge in [-0.3, -0.25) is 0 Å². The van der Waals surface area contributed by atoms with Crippen molar-refractivity contribution in [1.82, 2.24) is 9.47 Å². The molecule has 2 aliphatic rings. The Hall–Kier alpha value is -0.930. The molecule has 1 aromatic heterocycles. The van der Waals surface area contributed by atoms with Crippen LogP contribution in [0.25, 0.3) is 10.9 Å². The second-order valence-corrected chi connectivity index (χ2v) is 6.90. The zero-order valence-corrected chi connectivity index (χ0v) is 11.8. The van der Waals surface area contributed by atoms with Gasteiger partial charge in [-0.25, -0.2) is 0 Å². The van der Waals surface area contributed by atoms with Crippen molar-refractivity contribution in [1.29, 1.82) is 0 Å². The summed E-state index contributed by atoms with van der Waals surface area (Å²) in [5.74, 6) is 1.25. The van der Waals surface area contributed by atoms with Crippen LogP contribution in [0.5, 0.6) is 0 Å². The first-order chi connectivity index (χ1) is 8.74. The van der Waals surface area contributed by atoms with Crippen LogP contribution in [-0.4, -0.2) is 28.8 Å². The maximum atomic E-state index is 2.58. The lowest BCUT2D eigenvalue weighted by Gasteiger charge is -2.34. The Balaban J connectivity index is 2.08. The molecule has 0 amide bonds. The van der Waals surface area contributed by atoms with E-state index in [0.29, 0.717) is 5.25 Å². The van der Waals surface area contributed by atoms with Gasteiger partial charge in [0.15, 0.2) is 0 Å². The summed E-state index contributed by atoms with van der Waals surface area (Å²) >= 11 is 2.13. The van der Waals surface area contributed by atoms with Crippen molar-refractivity contribution in [2.75, 3.05) is 19.3 Å². The Labute approximate surface area is 112 Å². The van der Waals surface area contributed by atoms with Gasteiger partial charge < -0.3 is 9.47 Å². The second-order valence-electron chi connectivity index (χ2n) is 5.59. The summed E-state index contributed by atoms with van der Waals surface area (Å²) in [5.41, 5.74) is 6.02. The molecule has 1 atom stereocenters. The van der Waals surface area contributed by atoms with Crippen molar-refractivity contribution < 1.29 is 0 Å². The molecule has 4 rings (SSSR count). The molecular weight excluding hydrogens is 240 g/mol. The molecule has 94 valence electrons. The Morgan fingerprint density at radius 3 is 3.11 bits per heavy atom. The van der Waals surface area contributed by atoms with Gasteiger partial charge in [-0.2, -0.15) is 0 Å². The molecule has 0 saturated carbocycles. The fourth-order valence-corrected chi connectivity index (χ4v) is 4.81. The number of hydrogen-bond donors (Lipinski definition) is 0. The first-order valence-electron chi connectivity index (χ1n) is 6.66. The number of rotatable bonds is 0. The molecular formula is C15H18N2S. The SMILES string of the molecule is Cc1ccc2c(c1)c1c3n2CCSC3CN(C)C1. The van der Waals surface area contributed by atoms with E-state index in [0.717, 1.165) is 6.54 Å². The molecule has 1 aromatic carbocycles. The van der Waals surface area contributed by atoms with Crippen molar-refractivity contribution in [3.8, 4) is 0 Å². The summed E-state index contributed by atoms with van der Waals surface area (Å²) in [4.78, 5) is 2.47. The van der Waals surface area contributed by atoms with Crippen molar-refractivity contribution in [3.63, 3.8) is 0 Å². The monoisotopic (exact) mass is 258 g/mol. The maximum absolute atomic E-state index is 2.58. The van der Waals surface area contributed by atoms with E-state index in [4.69, 9.17) is 0 Å². The van der Waals surface area contributed by atoms with E-state index in [-0.39, 0.29) is 0 Å². The molecule has 1 unspecified atom stereocenters. The summed E-state index contributed by atoms with van der Waals surface area (Å²) in [6.45, 7) is 5.69. The van der Waals surface area contributed by atoms with Crippen LogP contribution in [0.1, 0.15) is 22.1 Å². The van der Waals surface area contributed by atoms with Gasteiger partial charge in [0.2, 0.25) is 0 Å². The van der Waals surface area contributed by atoms with Crippen LogP contribution in [0.15, 0.2) is 18.2 Å². The van der Waals surface area contributed by atoms with Crippen LogP contribution < -0.4 is 0 Å². The fraction of sp³-hybridized carbons (Fsp3) is 0.467. The van der Waals surface area contributed by atoms with E-state index in [1.54, 1.807) is 11.3 Å². The molecule has 0 saturated heterocycles. The van der Waals surface area contributed by atoms with Crippen LogP contribution >= 0.6 is 11.8 Å². The number of nitrogens with zero attached hydrogens (tertiary/aromatic N) is 2. The number of hydrogen-bond acceptors (Lipinski definition) is 2. The summed E-state index contributed by atoms with van der Waals surface area (Å²) in [6.07, 6.45) is 0. The molecule has 0 aliphatic carbocycles. The second kappa shape index (κ2) is 3.78. The van der Waals surface area contributed by atoms with E-state index in [1.165, 1.54) is 35.3 Å². The molecule has 3 heterocycles. The van der Waals surface area contributed by atoms with Crippen molar-refractivity contribution in [2.24, 2.45) is 0 Å². The standard InChI is InChI=1S/C15H18N2S/c1-10-3-4-13-11(7-10)12-8-16(2)9-14-15(12)17(13)5-6-18-14/h3-4,7,14H,5-6,8-9H2,1-2H3. The lowest BCUT2D eigenvalue weighted by Crippen LogP contribution is -2.32. The summed E-state index contributed by atoms with van der Waals surface area (Å²) in [6, 6.07) is 6.94. The molecule has 2 nitrogen and oxygen atoms in total. The van der Waals surface area contributed by atoms with Crippen LogP contribution in [0.2, 0.25) is 0 Å². The Kier molecular flexibility index (Phi) is 2.30. The van der Waals surface area contributed by atoms with Crippen LogP contribution in [-0.2, 0) is 13.1 Å². The molecule has 2 aromatic rings. The molecule has 18 heavy (non-hydrogen) atoms. The number of thioether (sulfide) groups is 1. The first kappa shape index (κ1) is 10.9. The quantitative estimate of drug-likeness (QED) is 0.717. The minimum atomic E-state index is 0.681. The van der Waals surface area contributed by atoms with Gasteiger partial charge in [-0.05, 0) is 31.7 Å². The highest BCUT2D eigenvalue weighted by molar-refractivity contribution is 7.99. The van der Waals surface area contributed by atoms with Crippen LogP contribution in [0, 0.1) is 6.92 Å². The van der Waals surface area contributed by atoms with Gasteiger partial charge in [-0.15, -0.1) is 11.8 Å². The molecule has 0 bridgehead atoms. The first-order valence-corrected chi connectivity index (χ1v) is 7.70. The lowest BCUT2D eigenvalue weighted by atomic mass is 10.0. The Bertz CT molecular complexity index is 629. The predicted octanol–water partition coefficient (Wildman–Crippen LogP) is 3.18. The molecule has 0 N–H and O–H groups in total. The highest BCUT2D eigenvalue weighted by atomic mass is 32.2. The molecule has 0 radical (unpaired) electrons. The van der Waals surface area contributed by atoms with Crippen molar-refractivity contribution >= 4 is 22.7 Å². The predicted molar refractivity (Wildman–Crippen MR) is 78.2 cm³/mol. The number of fused-ring (bicyclic) bond motifs is 3. The topological polar surface area (TPSA) is 8.17 Å². The van der Waals surface area contributed by atoms with Gasteiger partial charge in [0.25, 0.3) is 0 Å². The van der Waals surface area contributed by atoms with Crippen LogP contribution in [0.3, 0.4) is 0 Å². The van der Waals surface area contributed by atoms with E-state index in [9.17, 15) is 0 Å². The maximum Gasteiger partial charge on any atom is 0.0581 e. The highest BCUT2D eigenvalue weighted by Gasteiger charge is 2.32. The van der Waals surface area contributed by atoms with E-state index in [2.05, 4.69) is 53.4 Å². The summed E-state index contributed by atoms with van der Waals surface area (Å²) in [7, 11) is 2.25. The average Bonchev–Trinajstić information content (AvgIpc) is 2.65. The third-order valence-corrected chi connectivity index (χ3v) is 5.41. The van der Waals surface area contributed by atoms with Gasteiger partial charge in [0, 0.05) is 42.0 Å². The molecule has 2 aliphatic heterocycles. The fourth-order valence-electron chi connectivity index (χ4n) is 3.45. The Morgan fingerprint density at radius 2 is 2.22 bits per heavy atom. The average molecular weight is 258 g/mol. The highest BCUT2D eigenvalue weighted by Crippen LogP contribution is 2.44. The number of aromatic nitrogens is 1. The van der Waals surface area contributed by atoms with E-state index in [1.807, 2.05) is 0 Å². The third-order valence-electron chi connectivity index (χ3n) is 4.21. The minimum absolute atomic E-state index is 0.681. The molecule has 3 heteroatoms. The lowest BCUT2D eigenvalue weighted by molar-refractivity contribution is 0.304. The van der Waals surface area contributed by atoms with E-state index >= 15 is 0 Å². The van der Waals surface area contributed by atoms with Crippen molar-refractivity contribution in [2.45, 2.75) is 25.3 Å². The van der Waals surface area contributed by atoms with Gasteiger partial charge >= 0.3 is 0 Å². The van der Waals surface area contributed by atoms with Crippen LogP contribution in [0.4, 0.5) is 0 Å². The van der Waals surface area contributed by atoms with Gasteiger partial charge in [0.1, 0.15) is 0 Å². The Morgan fingerprint density at radius 1 is 1.33 bits per heavy atom. The normalized spacial score (nSPS) is 23.3. The smallest absolute Gasteiger partial charge is 0.0581 e. The minimum Gasteiger partial charge on any atom is -0.342 e. The van der Waals surface area contributed by atoms with Gasteiger partial charge in [-0.1, -0.05) is 11.6 Å². The van der Waals surface area contributed by atoms with E-state index < -0.39 is 0 Å².